The highest BCUT2D eigenvalue weighted by molar-refractivity contribution is 7.98. The molecule has 1 aromatic heterocycles. The van der Waals surface area contributed by atoms with Gasteiger partial charge in [0.25, 0.3) is 5.56 Å². The summed E-state index contributed by atoms with van der Waals surface area (Å²) in [5, 5.41) is 9.38. The molecule has 1 heterocycles. The number of aromatic carboxylic acids is 1. The maximum Gasteiger partial charge on any atom is 0.335 e. The number of nitrogens with zero attached hydrogens (tertiary/aromatic N) is 1. The number of aromatic nitrogens is 2. The maximum absolute atomic E-state index is 11.7. The molecule has 0 saturated heterocycles. The second-order valence-corrected chi connectivity index (χ2v) is 6.16. The molecule has 0 aliphatic carbocycles. The highest BCUT2D eigenvalue weighted by atomic mass is 32.2. The lowest BCUT2D eigenvalue weighted by Crippen LogP contribution is -2.12. The van der Waals surface area contributed by atoms with E-state index in [-0.39, 0.29) is 17.2 Å². The first kappa shape index (κ1) is 17.2. The molecule has 1 aromatic carbocycles. The Kier molecular flexibility index (Phi) is 5.95. The number of hydrogen-bond donors (Lipinski definition) is 2. The summed E-state index contributed by atoms with van der Waals surface area (Å²) < 4.78 is 5.46. The van der Waals surface area contributed by atoms with Crippen molar-refractivity contribution in [3.8, 4) is 0 Å². The molecule has 0 radical (unpaired) electrons. The normalized spacial score (nSPS) is 10.9. The molecule has 122 valence electrons. The van der Waals surface area contributed by atoms with Crippen LogP contribution in [-0.2, 0) is 17.1 Å². The van der Waals surface area contributed by atoms with Crippen LogP contribution >= 0.6 is 11.8 Å². The van der Waals surface area contributed by atoms with Gasteiger partial charge < -0.3 is 14.8 Å². The number of carbonyl (C=O) groups is 1. The van der Waals surface area contributed by atoms with Crippen LogP contribution in [0.1, 0.15) is 35.5 Å². The zero-order valence-corrected chi connectivity index (χ0v) is 13.7. The lowest BCUT2D eigenvalue weighted by molar-refractivity contribution is 0.0631. The van der Waals surface area contributed by atoms with Crippen molar-refractivity contribution < 1.29 is 14.6 Å². The Bertz CT molecular complexity index is 726. The predicted octanol–water partition coefficient (Wildman–Crippen LogP) is 2.69. The van der Waals surface area contributed by atoms with Crippen molar-refractivity contribution in [1.82, 2.24) is 9.97 Å². The van der Waals surface area contributed by atoms with E-state index in [4.69, 9.17) is 9.84 Å². The largest absolute Gasteiger partial charge is 0.478 e. The smallest absolute Gasteiger partial charge is 0.335 e. The number of benzene rings is 1. The highest BCUT2D eigenvalue weighted by Crippen LogP contribution is 2.19. The number of ether oxygens (including phenoxy) is 1. The molecule has 23 heavy (non-hydrogen) atoms. The fourth-order valence-corrected chi connectivity index (χ4v) is 2.62. The maximum atomic E-state index is 11.7. The second-order valence-electron chi connectivity index (χ2n) is 5.19. The van der Waals surface area contributed by atoms with Crippen molar-refractivity contribution in [2.24, 2.45) is 0 Å². The first-order chi connectivity index (χ1) is 10.9. The molecule has 0 fully saturated rings. The Balaban J connectivity index is 2.02. The molecule has 0 amide bonds. The first-order valence-corrected chi connectivity index (χ1v) is 8.09. The number of aromatic amines is 1. The van der Waals surface area contributed by atoms with Crippen LogP contribution in [0.25, 0.3) is 0 Å². The van der Waals surface area contributed by atoms with Gasteiger partial charge in [0.05, 0.1) is 24.0 Å². The molecule has 2 aromatic rings. The molecule has 0 bridgehead atoms. The monoisotopic (exact) mass is 334 g/mol. The number of carboxylic acid groups (broad SMARTS) is 1. The predicted molar refractivity (Wildman–Crippen MR) is 87.7 cm³/mol. The summed E-state index contributed by atoms with van der Waals surface area (Å²) in [7, 11) is 0. The summed E-state index contributed by atoms with van der Waals surface area (Å²) in [6.07, 6.45) is 0.0694. The van der Waals surface area contributed by atoms with E-state index in [9.17, 15) is 9.59 Å². The van der Waals surface area contributed by atoms with Crippen LogP contribution < -0.4 is 5.56 Å². The van der Waals surface area contributed by atoms with Gasteiger partial charge in [0.15, 0.2) is 5.16 Å². The molecule has 0 atom stereocenters. The van der Waals surface area contributed by atoms with E-state index < -0.39 is 5.97 Å². The van der Waals surface area contributed by atoms with Gasteiger partial charge in [-0.3, -0.25) is 4.79 Å². The number of carboxylic acids is 1. The van der Waals surface area contributed by atoms with E-state index in [1.54, 1.807) is 24.3 Å². The molecule has 6 nitrogen and oxygen atoms in total. The number of rotatable bonds is 7. The van der Waals surface area contributed by atoms with E-state index >= 15 is 0 Å². The third kappa shape index (κ3) is 5.54. The molecule has 0 aliphatic rings. The molecule has 2 N–H and O–H groups in total. The molecule has 7 heteroatoms. The number of thioether (sulfide) groups is 1. The van der Waals surface area contributed by atoms with Crippen LogP contribution in [0.3, 0.4) is 0 Å². The van der Waals surface area contributed by atoms with Gasteiger partial charge in [0, 0.05) is 11.8 Å². The summed E-state index contributed by atoms with van der Waals surface area (Å²) in [6.45, 7) is 4.13. The van der Waals surface area contributed by atoms with E-state index in [0.29, 0.717) is 23.2 Å². The highest BCUT2D eigenvalue weighted by Gasteiger charge is 2.06. The molecule has 0 saturated carbocycles. The number of nitrogens with one attached hydrogen (secondary N) is 1. The van der Waals surface area contributed by atoms with Gasteiger partial charge in [-0.05, 0) is 31.5 Å². The minimum atomic E-state index is -0.951. The topological polar surface area (TPSA) is 92.3 Å². The average molecular weight is 334 g/mol. The van der Waals surface area contributed by atoms with E-state index in [0.717, 1.165) is 5.56 Å². The van der Waals surface area contributed by atoms with Crippen LogP contribution in [0.2, 0.25) is 0 Å². The van der Waals surface area contributed by atoms with E-state index in [1.807, 2.05) is 13.8 Å². The Morgan fingerprint density at radius 3 is 2.65 bits per heavy atom. The van der Waals surface area contributed by atoms with Crippen LogP contribution in [0.15, 0.2) is 40.3 Å². The van der Waals surface area contributed by atoms with Crippen molar-refractivity contribution in [2.75, 3.05) is 0 Å². The van der Waals surface area contributed by atoms with E-state index in [1.165, 1.54) is 17.8 Å². The molecule has 0 aliphatic heterocycles. The lowest BCUT2D eigenvalue weighted by atomic mass is 10.1. The lowest BCUT2D eigenvalue weighted by Gasteiger charge is -2.08. The van der Waals surface area contributed by atoms with Crippen LogP contribution in [0, 0.1) is 0 Å². The summed E-state index contributed by atoms with van der Waals surface area (Å²) in [5.74, 6) is -0.370. The van der Waals surface area contributed by atoms with Crippen LogP contribution in [0.5, 0.6) is 0 Å². The number of H-pyrrole nitrogens is 1. The van der Waals surface area contributed by atoms with Crippen molar-refractivity contribution >= 4 is 17.7 Å². The van der Waals surface area contributed by atoms with Crippen molar-refractivity contribution in [2.45, 2.75) is 37.5 Å². The van der Waals surface area contributed by atoms with Crippen molar-refractivity contribution in [3.63, 3.8) is 0 Å². The molecule has 0 spiro atoms. The Labute approximate surface area is 137 Å². The molecule has 0 unspecified atom stereocenters. The second kappa shape index (κ2) is 7.94. The Morgan fingerprint density at radius 2 is 2.04 bits per heavy atom. The summed E-state index contributed by atoms with van der Waals surface area (Å²) in [4.78, 5) is 29.5. The van der Waals surface area contributed by atoms with Gasteiger partial charge in [-0.25, -0.2) is 9.78 Å². The van der Waals surface area contributed by atoms with Crippen LogP contribution in [0.4, 0.5) is 0 Å². The summed E-state index contributed by atoms with van der Waals surface area (Å²) in [6, 6.07) is 8.04. The minimum Gasteiger partial charge on any atom is -0.478 e. The van der Waals surface area contributed by atoms with Gasteiger partial charge in [-0.15, -0.1) is 0 Å². The van der Waals surface area contributed by atoms with Gasteiger partial charge in [-0.2, -0.15) is 0 Å². The summed E-state index contributed by atoms with van der Waals surface area (Å²) >= 11 is 1.38. The van der Waals surface area contributed by atoms with Crippen molar-refractivity contribution in [1.29, 1.82) is 0 Å². The zero-order chi connectivity index (χ0) is 16.8. The fourth-order valence-electron chi connectivity index (χ4n) is 1.77. The Morgan fingerprint density at radius 1 is 1.35 bits per heavy atom. The van der Waals surface area contributed by atoms with E-state index in [2.05, 4.69) is 9.97 Å². The third-order valence-electron chi connectivity index (χ3n) is 2.91. The van der Waals surface area contributed by atoms with Crippen molar-refractivity contribution in [3.05, 3.63) is 57.5 Å². The molecular formula is C16H18N2O4S. The molecule has 2 rings (SSSR count). The quantitative estimate of drug-likeness (QED) is 0.597. The summed E-state index contributed by atoms with van der Waals surface area (Å²) in [5.41, 5.74) is 1.57. The Hall–Kier alpha value is -2.12. The van der Waals surface area contributed by atoms with Crippen LogP contribution in [-0.4, -0.2) is 27.1 Å². The molecular weight excluding hydrogens is 316 g/mol. The van der Waals surface area contributed by atoms with Gasteiger partial charge in [0.2, 0.25) is 0 Å². The minimum absolute atomic E-state index is 0.0694. The van der Waals surface area contributed by atoms with Gasteiger partial charge >= 0.3 is 5.97 Å². The van der Waals surface area contributed by atoms with Gasteiger partial charge in [0.1, 0.15) is 0 Å². The standard InChI is InChI=1S/C16H18N2O4S/c1-10(2)22-8-13-7-14(19)18-16(17-13)23-9-11-3-5-12(6-4-11)15(20)21/h3-7,10H,8-9H2,1-2H3,(H,20,21)(H,17,18,19). The average Bonchev–Trinajstić information content (AvgIpc) is 2.51. The third-order valence-corrected chi connectivity index (χ3v) is 3.86. The van der Waals surface area contributed by atoms with Gasteiger partial charge in [-0.1, -0.05) is 23.9 Å². The number of hydrogen-bond acceptors (Lipinski definition) is 5. The fraction of sp³-hybridized carbons (Fsp3) is 0.312. The first-order valence-electron chi connectivity index (χ1n) is 7.11. The SMILES string of the molecule is CC(C)OCc1cc(=O)[nH]c(SCc2ccc(C(=O)O)cc2)n1. The zero-order valence-electron chi connectivity index (χ0n) is 12.9.